The van der Waals surface area contributed by atoms with E-state index in [9.17, 15) is 9.59 Å². The van der Waals surface area contributed by atoms with E-state index >= 15 is 0 Å². The van der Waals surface area contributed by atoms with Gasteiger partial charge < -0.3 is 15.4 Å². The third-order valence-electron chi connectivity index (χ3n) is 7.48. The first-order chi connectivity index (χ1) is 19.5. The van der Waals surface area contributed by atoms with Crippen LogP contribution in [0.4, 0.5) is 0 Å². The number of carbonyl (C=O) groups excluding carboxylic acids is 1. The molecule has 1 aliphatic rings. The lowest BCUT2D eigenvalue weighted by atomic mass is 10.0. The summed E-state index contributed by atoms with van der Waals surface area (Å²) in [4.78, 5) is 32.1. The molecule has 4 heterocycles. The lowest BCUT2D eigenvalue weighted by molar-refractivity contribution is 0.0939. The van der Waals surface area contributed by atoms with Crippen molar-refractivity contribution in [3.8, 4) is 5.69 Å². The number of amides is 1. The Hall–Kier alpha value is -4.34. The van der Waals surface area contributed by atoms with Crippen molar-refractivity contribution in [1.29, 1.82) is 0 Å². The molecule has 0 spiro atoms. The van der Waals surface area contributed by atoms with Gasteiger partial charge in [0.15, 0.2) is 5.65 Å². The van der Waals surface area contributed by atoms with Crippen molar-refractivity contribution in [3.63, 3.8) is 0 Å². The summed E-state index contributed by atoms with van der Waals surface area (Å²) in [5.74, 6) is -0.294. The standard InChI is InChI=1S/C31H32N6O3/c1-20(34-30(38)27-21(2)35-36-15-8-14-33-29(27)36)26-17-22-9-6-10-23(18-32-19-25-13-7-16-40-25)28(22)31(39)37(26)24-11-4-3-5-12-24/h3-6,8-12,14-15,17,20,25,32H,7,13,16,18-19H2,1-2H3,(H,34,38)/t20-,25?/m0/s1. The molecular formula is C31H32N6O3. The van der Waals surface area contributed by atoms with Gasteiger partial charge in [-0.05, 0) is 61.9 Å². The lowest BCUT2D eigenvalue weighted by Gasteiger charge is -2.22. The molecular weight excluding hydrogens is 504 g/mol. The van der Waals surface area contributed by atoms with Crippen LogP contribution in [0.25, 0.3) is 22.1 Å². The van der Waals surface area contributed by atoms with Crippen LogP contribution < -0.4 is 16.2 Å². The summed E-state index contributed by atoms with van der Waals surface area (Å²) < 4.78 is 9.04. The topological polar surface area (TPSA) is 103 Å². The Bertz CT molecular complexity index is 1740. The van der Waals surface area contributed by atoms with Gasteiger partial charge in [0, 0.05) is 43.5 Å². The second kappa shape index (κ2) is 11.0. The molecule has 1 aliphatic heterocycles. The summed E-state index contributed by atoms with van der Waals surface area (Å²) in [6.07, 6.45) is 5.77. The molecule has 204 valence electrons. The fourth-order valence-corrected chi connectivity index (χ4v) is 5.54. The number of ether oxygens (including phenoxy) is 1. The predicted octanol–water partition coefficient (Wildman–Crippen LogP) is 4.10. The number of nitrogens with zero attached hydrogens (tertiary/aromatic N) is 4. The van der Waals surface area contributed by atoms with Crippen molar-refractivity contribution in [1.82, 2.24) is 29.8 Å². The van der Waals surface area contributed by atoms with Gasteiger partial charge in [-0.1, -0.05) is 36.4 Å². The summed E-state index contributed by atoms with van der Waals surface area (Å²) in [6.45, 7) is 5.81. The van der Waals surface area contributed by atoms with Crippen LogP contribution in [0.15, 0.2) is 77.9 Å². The van der Waals surface area contributed by atoms with Crippen molar-refractivity contribution in [2.45, 2.75) is 45.4 Å². The summed E-state index contributed by atoms with van der Waals surface area (Å²) in [5.41, 5.74) is 3.72. The molecule has 0 saturated carbocycles. The van der Waals surface area contributed by atoms with Crippen molar-refractivity contribution in [2.75, 3.05) is 13.2 Å². The SMILES string of the molecule is Cc1nn2cccnc2c1C(=O)N[C@@H](C)c1cc2cccc(CNCC3CCCO3)c2c(=O)n1-c1ccccc1. The highest BCUT2D eigenvalue weighted by molar-refractivity contribution is 6.01. The smallest absolute Gasteiger partial charge is 0.263 e. The molecule has 5 aromatic rings. The van der Waals surface area contributed by atoms with Gasteiger partial charge >= 0.3 is 0 Å². The van der Waals surface area contributed by atoms with Crippen LogP contribution in [0, 0.1) is 6.92 Å². The number of pyridine rings is 1. The predicted molar refractivity (Wildman–Crippen MR) is 154 cm³/mol. The lowest BCUT2D eigenvalue weighted by Crippen LogP contribution is -2.33. The van der Waals surface area contributed by atoms with E-state index in [4.69, 9.17) is 4.74 Å². The number of aromatic nitrogens is 4. The van der Waals surface area contributed by atoms with Crippen molar-refractivity contribution < 1.29 is 9.53 Å². The van der Waals surface area contributed by atoms with Gasteiger partial charge in [0.05, 0.1) is 23.2 Å². The van der Waals surface area contributed by atoms with Crippen molar-refractivity contribution in [2.24, 2.45) is 0 Å². The number of carbonyl (C=O) groups is 1. The first kappa shape index (κ1) is 25.9. The highest BCUT2D eigenvalue weighted by Gasteiger charge is 2.23. The largest absolute Gasteiger partial charge is 0.377 e. The molecule has 1 amide bonds. The van der Waals surface area contributed by atoms with Crippen LogP contribution in [-0.4, -0.2) is 44.3 Å². The van der Waals surface area contributed by atoms with Crippen LogP contribution in [0.1, 0.15) is 53.1 Å². The van der Waals surface area contributed by atoms with E-state index in [2.05, 4.69) is 20.7 Å². The van der Waals surface area contributed by atoms with Crippen LogP contribution in [0.2, 0.25) is 0 Å². The molecule has 0 bridgehead atoms. The summed E-state index contributed by atoms with van der Waals surface area (Å²) >= 11 is 0. The molecule has 1 saturated heterocycles. The quantitative estimate of drug-likeness (QED) is 0.310. The molecule has 6 rings (SSSR count). The monoisotopic (exact) mass is 536 g/mol. The second-order valence-electron chi connectivity index (χ2n) is 10.2. The number of aryl methyl sites for hydroxylation is 1. The van der Waals surface area contributed by atoms with E-state index in [0.717, 1.165) is 42.6 Å². The van der Waals surface area contributed by atoms with Crippen molar-refractivity contribution >= 4 is 22.3 Å². The number of rotatable bonds is 8. The van der Waals surface area contributed by atoms with Crippen LogP contribution in [-0.2, 0) is 11.3 Å². The van der Waals surface area contributed by atoms with E-state index < -0.39 is 6.04 Å². The molecule has 9 heteroatoms. The normalized spacial score (nSPS) is 16.0. The first-order valence-corrected chi connectivity index (χ1v) is 13.7. The van der Waals surface area contributed by atoms with Gasteiger partial charge in [-0.25, -0.2) is 9.50 Å². The Balaban J connectivity index is 1.38. The Morgan fingerprint density at radius 2 is 2.00 bits per heavy atom. The molecule has 3 aromatic heterocycles. The molecule has 1 fully saturated rings. The third kappa shape index (κ3) is 4.89. The van der Waals surface area contributed by atoms with E-state index in [0.29, 0.717) is 34.5 Å². The highest BCUT2D eigenvalue weighted by Crippen LogP contribution is 2.24. The Morgan fingerprint density at radius 3 is 2.80 bits per heavy atom. The summed E-state index contributed by atoms with van der Waals surface area (Å²) in [7, 11) is 0. The maximum Gasteiger partial charge on any atom is 0.263 e. The molecule has 2 N–H and O–H groups in total. The molecule has 0 radical (unpaired) electrons. The minimum atomic E-state index is -0.482. The molecule has 2 aromatic carbocycles. The zero-order valence-electron chi connectivity index (χ0n) is 22.6. The minimum Gasteiger partial charge on any atom is -0.377 e. The van der Waals surface area contributed by atoms with Gasteiger partial charge in [0.2, 0.25) is 0 Å². The maximum atomic E-state index is 14.2. The minimum absolute atomic E-state index is 0.122. The second-order valence-corrected chi connectivity index (χ2v) is 10.2. The Labute approximate surface area is 231 Å². The molecule has 9 nitrogen and oxygen atoms in total. The van der Waals surface area contributed by atoms with Crippen LogP contribution in [0.3, 0.4) is 0 Å². The number of benzene rings is 2. The zero-order valence-corrected chi connectivity index (χ0v) is 22.6. The molecule has 0 aliphatic carbocycles. The maximum absolute atomic E-state index is 14.2. The number of fused-ring (bicyclic) bond motifs is 2. The van der Waals surface area contributed by atoms with Gasteiger partial charge in [0.25, 0.3) is 11.5 Å². The van der Waals surface area contributed by atoms with Crippen LogP contribution in [0.5, 0.6) is 0 Å². The van der Waals surface area contributed by atoms with Gasteiger partial charge in [-0.2, -0.15) is 5.10 Å². The fraction of sp³-hybridized carbons (Fsp3) is 0.290. The van der Waals surface area contributed by atoms with Gasteiger partial charge in [0.1, 0.15) is 5.56 Å². The molecule has 1 unspecified atom stereocenters. The fourth-order valence-electron chi connectivity index (χ4n) is 5.54. The first-order valence-electron chi connectivity index (χ1n) is 13.7. The Morgan fingerprint density at radius 1 is 1.15 bits per heavy atom. The van der Waals surface area contributed by atoms with E-state index in [1.54, 1.807) is 34.5 Å². The number of hydrogen-bond acceptors (Lipinski definition) is 6. The molecule has 40 heavy (non-hydrogen) atoms. The third-order valence-corrected chi connectivity index (χ3v) is 7.48. The highest BCUT2D eigenvalue weighted by atomic mass is 16.5. The molecule has 2 atom stereocenters. The average Bonchev–Trinajstić information content (AvgIpc) is 3.60. The average molecular weight is 537 g/mol. The van der Waals surface area contributed by atoms with E-state index in [1.807, 2.05) is 61.5 Å². The van der Waals surface area contributed by atoms with Crippen molar-refractivity contribution in [3.05, 3.63) is 106 Å². The Kier molecular flexibility index (Phi) is 7.15. The summed E-state index contributed by atoms with van der Waals surface area (Å²) in [5, 5.41) is 12.5. The zero-order chi connectivity index (χ0) is 27.6. The van der Waals surface area contributed by atoms with E-state index in [-0.39, 0.29) is 17.6 Å². The van der Waals surface area contributed by atoms with Crippen LogP contribution >= 0.6 is 0 Å². The number of nitrogens with one attached hydrogen (secondary N) is 2. The number of para-hydroxylation sites is 1. The van der Waals surface area contributed by atoms with Gasteiger partial charge in [-0.3, -0.25) is 14.2 Å². The van der Waals surface area contributed by atoms with Gasteiger partial charge in [-0.15, -0.1) is 0 Å². The summed E-state index contributed by atoms with van der Waals surface area (Å²) in [6, 6.07) is 18.7. The number of hydrogen-bond donors (Lipinski definition) is 2. The van der Waals surface area contributed by atoms with E-state index in [1.165, 1.54) is 0 Å².